The van der Waals surface area contributed by atoms with E-state index >= 15 is 0 Å². The van der Waals surface area contributed by atoms with Gasteiger partial charge in [0, 0.05) is 0 Å². The monoisotopic (exact) mass is 147 g/mol. The lowest BCUT2D eigenvalue weighted by molar-refractivity contribution is -0.385. The van der Waals surface area contributed by atoms with Gasteiger partial charge in [-0.25, -0.2) is 0 Å². The highest BCUT2D eigenvalue weighted by Crippen LogP contribution is 2.14. The predicted molar refractivity (Wildman–Crippen MR) is 36.6 cm³/mol. The Labute approximate surface area is 62.8 Å². The van der Waals surface area contributed by atoms with E-state index in [1.165, 1.54) is 18.2 Å². The molecule has 0 saturated carbocycles. The van der Waals surface area contributed by atoms with Gasteiger partial charge >= 0.3 is 0 Å². The van der Waals surface area contributed by atoms with E-state index in [-0.39, 0.29) is 11.3 Å². The molecule has 1 rings (SSSR count). The predicted octanol–water partition coefficient (Wildman–Crippen LogP) is 1.27. The summed E-state index contributed by atoms with van der Waals surface area (Å²) in [6.45, 7) is 0. The normalized spacial score (nSPS) is 8.64. The van der Waals surface area contributed by atoms with Crippen LogP contribution in [0.1, 0.15) is 5.56 Å². The van der Waals surface area contributed by atoms with Crippen LogP contribution in [0.25, 0.3) is 0 Å². The van der Waals surface area contributed by atoms with Crippen LogP contribution in [0.5, 0.6) is 0 Å². The first kappa shape index (κ1) is 7.22. The summed E-state index contributed by atoms with van der Waals surface area (Å²) >= 11 is 0. The third-order valence-corrected chi connectivity index (χ3v) is 1.14. The summed E-state index contributed by atoms with van der Waals surface area (Å²) in [7, 11) is 0. The third kappa shape index (κ3) is 1.33. The minimum Gasteiger partial charge on any atom is -0.258 e. The molecule has 0 N–H and O–H groups in total. The van der Waals surface area contributed by atoms with Gasteiger partial charge in [0.1, 0.15) is 11.6 Å². The molecule has 0 heterocycles. The van der Waals surface area contributed by atoms with Crippen molar-refractivity contribution in [2.24, 2.45) is 0 Å². The van der Waals surface area contributed by atoms with Crippen LogP contribution in [-0.4, -0.2) is 4.92 Å². The van der Waals surface area contributed by atoms with E-state index in [2.05, 4.69) is 6.07 Å². The Hall–Kier alpha value is -1.89. The van der Waals surface area contributed by atoms with Crippen molar-refractivity contribution in [1.29, 1.82) is 5.26 Å². The van der Waals surface area contributed by atoms with Crippen LogP contribution in [0, 0.1) is 27.5 Å². The lowest BCUT2D eigenvalue weighted by atomic mass is 10.2. The van der Waals surface area contributed by atoms with Crippen LogP contribution < -0.4 is 0 Å². The van der Waals surface area contributed by atoms with Crippen molar-refractivity contribution in [2.75, 3.05) is 0 Å². The Morgan fingerprint density at radius 3 is 2.91 bits per heavy atom. The maximum absolute atomic E-state index is 10.2. The van der Waals surface area contributed by atoms with Gasteiger partial charge in [-0.3, -0.25) is 10.1 Å². The molecule has 0 aliphatic heterocycles. The Balaban J connectivity index is 3.26. The van der Waals surface area contributed by atoms with Crippen molar-refractivity contribution in [3.8, 4) is 6.07 Å². The van der Waals surface area contributed by atoms with Crippen LogP contribution >= 0.6 is 0 Å². The highest BCUT2D eigenvalue weighted by molar-refractivity contribution is 5.46. The number of nitriles is 1. The Morgan fingerprint density at radius 2 is 2.45 bits per heavy atom. The molecule has 0 spiro atoms. The molecule has 1 radical (unpaired) electrons. The van der Waals surface area contributed by atoms with Crippen LogP contribution in [0.3, 0.4) is 0 Å². The summed E-state index contributed by atoms with van der Waals surface area (Å²) in [5, 5.41) is 18.6. The molecule has 53 valence electrons. The number of nitro groups is 1. The first-order valence-electron chi connectivity index (χ1n) is 2.81. The standard InChI is InChI=1S/C7H3N2O2/c8-5-6-3-1-2-4-7(6)9(10)11/h1-3H. The number of hydrogen-bond donors (Lipinski definition) is 0. The maximum Gasteiger partial charge on any atom is 0.295 e. The summed E-state index contributed by atoms with van der Waals surface area (Å²) < 4.78 is 0. The van der Waals surface area contributed by atoms with Gasteiger partial charge in [-0.05, 0) is 12.1 Å². The Morgan fingerprint density at radius 1 is 1.73 bits per heavy atom. The fraction of sp³-hybridized carbons (Fsp3) is 0. The van der Waals surface area contributed by atoms with Crippen molar-refractivity contribution >= 4 is 5.69 Å². The van der Waals surface area contributed by atoms with Gasteiger partial charge in [-0.15, -0.1) is 0 Å². The molecular weight excluding hydrogens is 144 g/mol. The van der Waals surface area contributed by atoms with E-state index in [0.29, 0.717) is 0 Å². The quantitative estimate of drug-likeness (QED) is 0.443. The first-order chi connectivity index (χ1) is 5.25. The van der Waals surface area contributed by atoms with E-state index in [4.69, 9.17) is 5.26 Å². The van der Waals surface area contributed by atoms with Gasteiger partial charge in [0.25, 0.3) is 5.69 Å². The molecule has 0 amide bonds. The second-order valence-corrected chi connectivity index (χ2v) is 1.80. The van der Waals surface area contributed by atoms with Gasteiger partial charge in [0.15, 0.2) is 0 Å². The van der Waals surface area contributed by atoms with Crippen molar-refractivity contribution in [1.82, 2.24) is 0 Å². The minimum absolute atomic E-state index is 0.0394. The number of para-hydroxylation sites is 1. The SMILES string of the molecule is N#Cc1ccc[c]c1[N+](=O)[O-]. The third-order valence-electron chi connectivity index (χ3n) is 1.14. The van der Waals surface area contributed by atoms with Gasteiger partial charge in [0.2, 0.25) is 0 Å². The zero-order chi connectivity index (χ0) is 8.27. The number of hydrogen-bond acceptors (Lipinski definition) is 3. The summed E-state index contributed by atoms with van der Waals surface area (Å²) in [4.78, 5) is 9.58. The number of rotatable bonds is 1. The molecule has 0 aromatic heterocycles. The lowest BCUT2D eigenvalue weighted by Gasteiger charge is -1.89. The smallest absolute Gasteiger partial charge is 0.258 e. The molecule has 0 saturated heterocycles. The average Bonchev–Trinajstić information content (AvgIpc) is 2.04. The molecule has 11 heavy (non-hydrogen) atoms. The van der Waals surface area contributed by atoms with Crippen molar-refractivity contribution in [3.63, 3.8) is 0 Å². The molecule has 4 nitrogen and oxygen atoms in total. The van der Waals surface area contributed by atoms with Crippen LogP contribution in [0.15, 0.2) is 18.2 Å². The van der Waals surface area contributed by atoms with E-state index in [1.807, 2.05) is 0 Å². The fourth-order valence-corrected chi connectivity index (χ4v) is 0.669. The van der Waals surface area contributed by atoms with Crippen LogP contribution in [-0.2, 0) is 0 Å². The zero-order valence-corrected chi connectivity index (χ0v) is 5.44. The lowest BCUT2D eigenvalue weighted by Crippen LogP contribution is -1.90. The topological polar surface area (TPSA) is 66.9 Å². The summed E-state index contributed by atoms with van der Waals surface area (Å²) in [6, 6.07) is 8.39. The average molecular weight is 147 g/mol. The largest absolute Gasteiger partial charge is 0.295 e. The summed E-state index contributed by atoms with van der Waals surface area (Å²) in [6.07, 6.45) is 0. The summed E-state index contributed by atoms with van der Waals surface area (Å²) in [5.41, 5.74) is -0.229. The Bertz CT molecular complexity index is 327. The van der Waals surface area contributed by atoms with Crippen molar-refractivity contribution in [2.45, 2.75) is 0 Å². The molecule has 4 heteroatoms. The molecule has 1 aromatic rings. The fourth-order valence-electron chi connectivity index (χ4n) is 0.669. The van der Waals surface area contributed by atoms with Crippen molar-refractivity contribution < 1.29 is 4.92 Å². The minimum atomic E-state index is -0.626. The second-order valence-electron chi connectivity index (χ2n) is 1.80. The van der Waals surface area contributed by atoms with E-state index in [1.54, 1.807) is 6.07 Å². The van der Waals surface area contributed by atoms with Gasteiger partial charge in [-0.1, -0.05) is 6.07 Å². The molecule has 0 fully saturated rings. The highest BCUT2D eigenvalue weighted by Gasteiger charge is 2.10. The van der Waals surface area contributed by atoms with Crippen LogP contribution in [0.4, 0.5) is 5.69 Å². The Kier molecular flexibility index (Phi) is 1.83. The van der Waals surface area contributed by atoms with Gasteiger partial charge in [-0.2, -0.15) is 5.26 Å². The van der Waals surface area contributed by atoms with Gasteiger partial charge < -0.3 is 0 Å². The molecule has 0 unspecified atom stereocenters. The summed E-state index contributed by atoms with van der Waals surface area (Å²) in [5.74, 6) is 0. The molecule has 0 aliphatic rings. The second kappa shape index (κ2) is 2.80. The highest BCUT2D eigenvalue weighted by atomic mass is 16.6. The number of benzene rings is 1. The number of nitro benzene ring substituents is 1. The van der Waals surface area contributed by atoms with Crippen LogP contribution in [0.2, 0.25) is 0 Å². The number of nitrogens with zero attached hydrogens (tertiary/aromatic N) is 2. The maximum atomic E-state index is 10.2. The van der Waals surface area contributed by atoms with E-state index < -0.39 is 4.92 Å². The first-order valence-corrected chi connectivity index (χ1v) is 2.81. The van der Waals surface area contributed by atoms with E-state index in [0.717, 1.165) is 0 Å². The molecular formula is C7H3N2O2. The molecule has 1 aromatic carbocycles. The molecule has 0 atom stereocenters. The molecule has 0 aliphatic carbocycles. The van der Waals surface area contributed by atoms with Gasteiger partial charge in [0.05, 0.1) is 11.0 Å². The van der Waals surface area contributed by atoms with E-state index in [9.17, 15) is 10.1 Å². The van der Waals surface area contributed by atoms with Crippen molar-refractivity contribution in [3.05, 3.63) is 39.9 Å². The zero-order valence-electron chi connectivity index (χ0n) is 5.44. The molecule has 0 bridgehead atoms.